The van der Waals surface area contributed by atoms with E-state index >= 15 is 0 Å². The maximum Gasteiger partial charge on any atom is 0.232 e. The average Bonchev–Trinajstić information content (AvgIpc) is 2.99. The van der Waals surface area contributed by atoms with Gasteiger partial charge in [0, 0.05) is 22.9 Å². The van der Waals surface area contributed by atoms with Crippen LogP contribution in [0.5, 0.6) is 0 Å². The van der Waals surface area contributed by atoms with Crippen LogP contribution in [0.2, 0.25) is 0 Å². The third kappa shape index (κ3) is 2.65. The molecule has 0 radical (unpaired) electrons. The van der Waals surface area contributed by atoms with E-state index < -0.39 is 10.0 Å². The Balaban J connectivity index is 2.01. The zero-order chi connectivity index (χ0) is 16.1. The minimum atomic E-state index is -3.23. The van der Waals surface area contributed by atoms with Crippen molar-refractivity contribution in [3.05, 3.63) is 34.2 Å². The molecule has 1 aromatic heterocycles. The number of nitrogens with zero attached hydrogens (tertiary/aromatic N) is 2. The van der Waals surface area contributed by atoms with Crippen LogP contribution in [0.15, 0.2) is 23.6 Å². The van der Waals surface area contributed by atoms with Crippen LogP contribution < -0.4 is 4.31 Å². The Labute approximate surface area is 135 Å². The normalized spacial score (nSPS) is 18.0. The summed E-state index contributed by atoms with van der Waals surface area (Å²) in [6.07, 6.45) is 2.01. The van der Waals surface area contributed by atoms with E-state index in [1.165, 1.54) is 10.6 Å². The van der Waals surface area contributed by atoms with Gasteiger partial charge < -0.3 is 0 Å². The van der Waals surface area contributed by atoms with Crippen molar-refractivity contribution in [2.45, 2.75) is 39.2 Å². The lowest BCUT2D eigenvalue weighted by Gasteiger charge is -2.21. The molecule has 0 saturated heterocycles. The molecule has 0 spiro atoms. The summed E-state index contributed by atoms with van der Waals surface area (Å²) in [4.78, 5) is 4.68. The second-order valence-electron chi connectivity index (χ2n) is 6.18. The van der Waals surface area contributed by atoms with Crippen molar-refractivity contribution in [3.8, 4) is 11.3 Å². The van der Waals surface area contributed by atoms with Gasteiger partial charge in [0.2, 0.25) is 10.0 Å². The van der Waals surface area contributed by atoms with Gasteiger partial charge >= 0.3 is 0 Å². The summed E-state index contributed by atoms with van der Waals surface area (Å²) < 4.78 is 25.4. The van der Waals surface area contributed by atoms with Crippen LogP contribution >= 0.6 is 11.3 Å². The molecule has 1 aliphatic rings. The predicted molar refractivity (Wildman–Crippen MR) is 92.1 cm³/mol. The van der Waals surface area contributed by atoms with Crippen LogP contribution in [0.3, 0.4) is 0 Å². The Kier molecular flexibility index (Phi) is 3.77. The number of benzene rings is 1. The fourth-order valence-electron chi connectivity index (χ4n) is 2.95. The number of fused-ring (bicyclic) bond motifs is 1. The van der Waals surface area contributed by atoms with E-state index in [2.05, 4.69) is 30.3 Å². The maximum atomic E-state index is 12.0. The highest BCUT2D eigenvalue weighted by Gasteiger charge is 2.32. The van der Waals surface area contributed by atoms with Crippen molar-refractivity contribution in [2.75, 3.05) is 10.6 Å². The number of aromatic nitrogens is 1. The molecule has 4 nitrogen and oxygen atoms in total. The Morgan fingerprint density at radius 1 is 1.36 bits per heavy atom. The molecule has 0 aliphatic carbocycles. The quantitative estimate of drug-likeness (QED) is 0.860. The van der Waals surface area contributed by atoms with Crippen LogP contribution in [0.25, 0.3) is 11.3 Å². The lowest BCUT2D eigenvalue weighted by atomic mass is 10.1. The Morgan fingerprint density at radius 3 is 2.68 bits per heavy atom. The first-order valence-electron chi connectivity index (χ1n) is 7.35. The highest BCUT2D eigenvalue weighted by molar-refractivity contribution is 7.92. The molecule has 0 bridgehead atoms. The lowest BCUT2D eigenvalue weighted by molar-refractivity contribution is 0.590. The number of hydrogen-bond acceptors (Lipinski definition) is 4. The van der Waals surface area contributed by atoms with Crippen molar-refractivity contribution in [1.82, 2.24) is 4.98 Å². The molecule has 1 unspecified atom stereocenters. The van der Waals surface area contributed by atoms with Gasteiger partial charge in [-0.25, -0.2) is 13.4 Å². The van der Waals surface area contributed by atoms with Crippen LogP contribution in [-0.4, -0.2) is 25.7 Å². The van der Waals surface area contributed by atoms with Gasteiger partial charge in [-0.15, -0.1) is 11.3 Å². The molecule has 0 N–H and O–H groups in total. The molecule has 0 saturated carbocycles. The number of rotatable bonds is 3. The highest BCUT2D eigenvalue weighted by atomic mass is 32.2. The van der Waals surface area contributed by atoms with Gasteiger partial charge in [0.05, 0.1) is 22.6 Å². The molecule has 6 heteroatoms. The van der Waals surface area contributed by atoms with E-state index in [1.54, 1.807) is 11.3 Å². The first kappa shape index (κ1) is 15.5. The Morgan fingerprint density at radius 2 is 2.09 bits per heavy atom. The molecule has 118 valence electrons. The van der Waals surface area contributed by atoms with Gasteiger partial charge in [-0.05, 0) is 31.0 Å². The maximum absolute atomic E-state index is 12.0. The molecule has 1 atom stereocenters. The summed E-state index contributed by atoms with van der Waals surface area (Å²) in [7, 11) is -3.23. The molecule has 22 heavy (non-hydrogen) atoms. The van der Waals surface area contributed by atoms with Crippen molar-refractivity contribution in [3.63, 3.8) is 0 Å². The van der Waals surface area contributed by atoms with E-state index in [9.17, 15) is 8.42 Å². The molecule has 1 aromatic carbocycles. The summed E-state index contributed by atoms with van der Waals surface area (Å²) in [6, 6.07) is 5.93. The van der Waals surface area contributed by atoms with Crippen LogP contribution in [-0.2, 0) is 16.4 Å². The fourth-order valence-corrected chi connectivity index (χ4v) is 5.06. The van der Waals surface area contributed by atoms with E-state index in [0.29, 0.717) is 5.92 Å². The van der Waals surface area contributed by atoms with Crippen LogP contribution in [0.4, 0.5) is 5.69 Å². The third-order valence-electron chi connectivity index (χ3n) is 3.90. The van der Waals surface area contributed by atoms with Crippen molar-refractivity contribution >= 4 is 27.0 Å². The first-order chi connectivity index (χ1) is 10.3. The smallest absolute Gasteiger partial charge is 0.232 e. The SMILES string of the molecule is CC(C)c1nc(-c2ccc3c(c2)CC(C)N3S(C)(=O)=O)cs1. The Bertz CT molecular complexity index is 809. The monoisotopic (exact) mass is 336 g/mol. The number of sulfonamides is 1. The predicted octanol–water partition coefficient (Wildman–Crippen LogP) is 3.64. The first-order valence-corrected chi connectivity index (χ1v) is 10.1. The van der Waals surface area contributed by atoms with Gasteiger partial charge in [-0.1, -0.05) is 19.9 Å². The van der Waals surface area contributed by atoms with Gasteiger partial charge in [0.25, 0.3) is 0 Å². The minimum Gasteiger partial charge on any atom is -0.267 e. The topological polar surface area (TPSA) is 50.3 Å². The largest absolute Gasteiger partial charge is 0.267 e. The summed E-state index contributed by atoms with van der Waals surface area (Å²) in [5.41, 5.74) is 3.92. The number of hydrogen-bond donors (Lipinski definition) is 0. The van der Waals surface area contributed by atoms with Crippen molar-refractivity contribution in [2.24, 2.45) is 0 Å². The van der Waals surface area contributed by atoms with Gasteiger partial charge in [0.1, 0.15) is 0 Å². The lowest BCUT2D eigenvalue weighted by Crippen LogP contribution is -2.34. The number of anilines is 1. The van der Waals surface area contributed by atoms with E-state index in [-0.39, 0.29) is 6.04 Å². The van der Waals surface area contributed by atoms with Gasteiger partial charge in [0.15, 0.2) is 0 Å². The molecule has 0 amide bonds. The molecular formula is C16H20N2O2S2. The van der Waals surface area contributed by atoms with Gasteiger partial charge in [-0.3, -0.25) is 4.31 Å². The molecule has 0 fully saturated rings. The number of thiazole rings is 1. The zero-order valence-electron chi connectivity index (χ0n) is 13.2. The molecule has 3 rings (SSSR count). The zero-order valence-corrected chi connectivity index (χ0v) is 14.8. The summed E-state index contributed by atoms with van der Waals surface area (Å²) in [5.74, 6) is 0.425. The average molecular weight is 336 g/mol. The molecule has 2 heterocycles. The minimum absolute atomic E-state index is 0.0260. The summed E-state index contributed by atoms with van der Waals surface area (Å²) in [5, 5.41) is 3.20. The second-order valence-corrected chi connectivity index (χ2v) is 8.93. The van der Waals surface area contributed by atoms with Crippen molar-refractivity contribution in [1.29, 1.82) is 0 Å². The van der Waals surface area contributed by atoms with E-state index in [0.717, 1.165) is 33.9 Å². The standard InChI is InChI=1S/C16H20N2O2S2/c1-10(2)16-17-14(9-21-16)12-5-6-15-13(8-12)7-11(3)18(15)22(4,19)20/h5-6,8-11H,7H2,1-4H3. The summed E-state index contributed by atoms with van der Waals surface area (Å²) in [6.45, 7) is 6.22. The molecule has 2 aromatic rings. The van der Waals surface area contributed by atoms with Crippen LogP contribution in [0.1, 0.15) is 37.3 Å². The highest BCUT2D eigenvalue weighted by Crippen LogP contribution is 2.37. The van der Waals surface area contributed by atoms with E-state index in [1.807, 2.05) is 19.1 Å². The van der Waals surface area contributed by atoms with E-state index in [4.69, 9.17) is 0 Å². The second kappa shape index (κ2) is 5.35. The third-order valence-corrected chi connectivity index (χ3v) is 6.32. The summed E-state index contributed by atoms with van der Waals surface area (Å²) >= 11 is 1.67. The van der Waals surface area contributed by atoms with Crippen molar-refractivity contribution < 1.29 is 8.42 Å². The Hall–Kier alpha value is -1.40. The molecule has 1 aliphatic heterocycles. The van der Waals surface area contributed by atoms with Gasteiger partial charge in [-0.2, -0.15) is 0 Å². The van der Waals surface area contributed by atoms with Crippen LogP contribution in [0, 0.1) is 0 Å². The molecular weight excluding hydrogens is 316 g/mol. The fraction of sp³-hybridized carbons (Fsp3) is 0.438.